The fraction of sp³-hybridized carbons (Fsp3) is 0.294. The number of hydrogen-bond donors (Lipinski definition) is 2. The van der Waals surface area contributed by atoms with Gasteiger partial charge >= 0.3 is 5.97 Å². The minimum absolute atomic E-state index is 0.162. The van der Waals surface area contributed by atoms with Gasteiger partial charge in [-0.05, 0) is 19.4 Å². The number of aromatic nitrogens is 1. The summed E-state index contributed by atoms with van der Waals surface area (Å²) in [4.78, 5) is 15.6. The third kappa shape index (κ3) is 4.05. The molecular weight excluding hydrogens is 280 g/mol. The van der Waals surface area contributed by atoms with E-state index in [1.54, 1.807) is 19.2 Å². The van der Waals surface area contributed by atoms with Crippen LogP contribution in [0, 0.1) is 0 Å². The summed E-state index contributed by atoms with van der Waals surface area (Å²) < 4.78 is 4.84. The molecule has 1 unspecified atom stereocenters. The Labute approximate surface area is 129 Å². The van der Waals surface area contributed by atoms with E-state index in [4.69, 9.17) is 10.5 Å². The van der Waals surface area contributed by atoms with E-state index >= 15 is 0 Å². The monoisotopic (exact) mass is 300 g/mol. The van der Waals surface area contributed by atoms with Crippen molar-refractivity contribution in [3.63, 3.8) is 0 Å². The van der Waals surface area contributed by atoms with Crippen LogP contribution >= 0.6 is 0 Å². The van der Waals surface area contributed by atoms with Gasteiger partial charge in [0.05, 0.1) is 24.1 Å². The van der Waals surface area contributed by atoms with Crippen molar-refractivity contribution < 1.29 is 14.6 Å². The van der Waals surface area contributed by atoms with E-state index in [0.717, 1.165) is 5.56 Å². The van der Waals surface area contributed by atoms with Crippen LogP contribution in [0.5, 0.6) is 0 Å². The summed E-state index contributed by atoms with van der Waals surface area (Å²) in [6.45, 7) is 2.09. The number of anilines is 1. The third-order valence-corrected chi connectivity index (χ3v) is 3.30. The molecule has 1 aromatic carbocycles. The molecule has 22 heavy (non-hydrogen) atoms. The van der Waals surface area contributed by atoms with Crippen LogP contribution in [0.15, 0.2) is 42.6 Å². The normalized spacial score (nSPS) is 11.9. The van der Waals surface area contributed by atoms with Crippen molar-refractivity contribution in [3.8, 4) is 11.3 Å². The average Bonchev–Trinajstić information content (AvgIpc) is 2.53. The smallest absolute Gasteiger partial charge is 0.305 e. The number of ether oxygens (including phenoxy) is 1. The number of nitrogens with two attached hydrogens (primary N) is 1. The third-order valence-electron chi connectivity index (χ3n) is 3.30. The van der Waals surface area contributed by atoms with Crippen LogP contribution in [0.2, 0.25) is 0 Å². The van der Waals surface area contributed by atoms with Crippen LogP contribution in [0.3, 0.4) is 0 Å². The fourth-order valence-electron chi connectivity index (χ4n) is 2.17. The lowest BCUT2D eigenvalue weighted by Gasteiger charge is -2.12. The SMILES string of the molecule is CCOC(=O)CCC(O)c1cnc(-c2ccccc2)c(N)c1. The Morgan fingerprint density at radius 2 is 2.09 bits per heavy atom. The summed E-state index contributed by atoms with van der Waals surface area (Å²) in [5, 5.41) is 10.1. The molecule has 0 spiro atoms. The van der Waals surface area contributed by atoms with Gasteiger partial charge in [0.1, 0.15) is 0 Å². The number of pyridine rings is 1. The minimum Gasteiger partial charge on any atom is -0.466 e. The summed E-state index contributed by atoms with van der Waals surface area (Å²) in [7, 11) is 0. The quantitative estimate of drug-likeness (QED) is 0.801. The van der Waals surface area contributed by atoms with Crippen LogP contribution in [0.1, 0.15) is 31.4 Å². The van der Waals surface area contributed by atoms with Crippen molar-refractivity contribution in [2.45, 2.75) is 25.9 Å². The highest BCUT2D eigenvalue weighted by atomic mass is 16.5. The number of esters is 1. The van der Waals surface area contributed by atoms with Crippen LogP contribution in [0.4, 0.5) is 5.69 Å². The number of nitrogens with zero attached hydrogens (tertiary/aromatic N) is 1. The molecule has 0 aliphatic heterocycles. The van der Waals surface area contributed by atoms with Gasteiger partial charge in [0.25, 0.3) is 0 Å². The standard InChI is InChI=1S/C17H20N2O3/c1-2-22-16(21)9-8-15(20)13-10-14(18)17(19-11-13)12-6-4-3-5-7-12/h3-7,10-11,15,20H,2,8-9,18H2,1H3. The molecule has 1 heterocycles. The van der Waals surface area contributed by atoms with E-state index in [1.165, 1.54) is 0 Å². The first kappa shape index (κ1) is 16.0. The van der Waals surface area contributed by atoms with Crippen molar-refractivity contribution in [1.29, 1.82) is 0 Å². The molecule has 0 radical (unpaired) electrons. The maximum absolute atomic E-state index is 11.3. The predicted molar refractivity (Wildman–Crippen MR) is 84.9 cm³/mol. The minimum atomic E-state index is -0.788. The van der Waals surface area contributed by atoms with Gasteiger partial charge in [-0.1, -0.05) is 30.3 Å². The maximum atomic E-state index is 11.3. The molecule has 0 aliphatic rings. The van der Waals surface area contributed by atoms with Gasteiger partial charge in [0.2, 0.25) is 0 Å². The zero-order valence-electron chi connectivity index (χ0n) is 12.5. The highest BCUT2D eigenvalue weighted by molar-refractivity contribution is 5.72. The van der Waals surface area contributed by atoms with E-state index < -0.39 is 6.10 Å². The van der Waals surface area contributed by atoms with Crippen LogP contribution in [0.25, 0.3) is 11.3 Å². The molecule has 5 nitrogen and oxygen atoms in total. The van der Waals surface area contributed by atoms with Gasteiger partial charge in [-0.2, -0.15) is 0 Å². The predicted octanol–water partition coefficient (Wildman–Crippen LogP) is 2.71. The highest BCUT2D eigenvalue weighted by Crippen LogP contribution is 2.27. The lowest BCUT2D eigenvalue weighted by Crippen LogP contribution is -2.08. The van der Waals surface area contributed by atoms with Gasteiger partial charge in [0, 0.05) is 23.7 Å². The molecule has 2 aromatic rings. The second-order valence-electron chi connectivity index (χ2n) is 4.93. The van der Waals surface area contributed by atoms with E-state index in [-0.39, 0.29) is 18.8 Å². The number of hydrogen-bond acceptors (Lipinski definition) is 5. The second-order valence-corrected chi connectivity index (χ2v) is 4.93. The molecule has 2 rings (SSSR count). The molecule has 5 heteroatoms. The summed E-state index contributed by atoms with van der Waals surface area (Å²) >= 11 is 0. The zero-order chi connectivity index (χ0) is 15.9. The number of aliphatic hydroxyl groups excluding tert-OH is 1. The number of rotatable bonds is 6. The molecule has 1 atom stereocenters. The van der Waals surface area contributed by atoms with Crippen LogP contribution in [-0.4, -0.2) is 22.7 Å². The Bertz CT molecular complexity index is 629. The van der Waals surface area contributed by atoms with Gasteiger partial charge in [-0.15, -0.1) is 0 Å². The van der Waals surface area contributed by atoms with Gasteiger partial charge in [-0.3, -0.25) is 9.78 Å². The Kier molecular flexibility index (Phi) is 5.49. The van der Waals surface area contributed by atoms with Crippen LogP contribution < -0.4 is 5.73 Å². The molecule has 0 fully saturated rings. The lowest BCUT2D eigenvalue weighted by molar-refractivity contribution is -0.143. The lowest BCUT2D eigenvalue weighted by atomic mass is 10.0. The molecule has 3 N–H and O–H groups in total. The summed E-state index contributed by atoms with van der Waals surface area (Å²) in [6.07, 6.45) is 1.25. The van der Waals surface area contributed by atoms with Crippen molar-refractivity contribution in [1.82, 2.24) is 4.98 Å². The largest absolute Gasteiger partial charge is 0.466 e. The first-order chi connectivity index (χ1) is 10.6. The first-order valence-corrected chi connectivity index (χ1v) is 7.26. The van der Waals surface area contributed by atoms with Crippen LogP contribution in [-0.2, 0) is 9.53 Å². The van der Waals surface area contributed by atoms with Crippen molar-refractivity contribution in [2.75, 3.05) is 12.3 Å². The molecule has 0 saturated heterocycles. The van der Waals surface area contributed by atoms with Crippen molar-refractivity contribution in [3.05, 3.63) is 48.2 Å². The average molecular weight is 300 g/mol. The van der Waals surface area contributed by atoms with Crippen molar-refractivity contribution >= 4 is 11.7 Å². The van der Waals surface area contributed by atoms with Gasteiger partial charge in [0.15, 0.2) is 0 Å². The Morgan fingerprint density at radius 3 is 2.73 bits per heavy atom. The van der Waals surface area contributed by atoms with Crippen molar-refractivity contribution in [2.24, 2.45) is 0 Å². The topological polar surface area (TPSA) is 85.4 Å². The number of carbonyl (C=O) groups is 1. The maximum Gasteiger partial charge on any atom is 0.305 e. The van der Waals surface area contributed by atoms with Gasteiger partial charge in [-0.25, -0.2) is 0 Å². The second kappa shape index (κ2) is 7.56. The molecule has 0 aliphatic carbocycles. The summed E-state index contributed by atoms with van der Waals surface area (Å²) in [6, 6.07) is 11.3. The fourth-order valence-corrected chi connectivity index (χ4v) is 2.17. The zero-order valence-corrected chi connectivity index (χ0v) is 12.5. The Balaban J connectivity index is 2.07. The molecule has 0 amide bonds. The molecule has 1 aromatic heterocycles. The first-order valence-electron chi connectivity index (χ1n) is 7.26. The molecule has 0 bridgehead atoms. The Morgan fingerprint density at radius 1 is 1.36 bits per heavy atom. The van der Waals surface area contributed by atoms with E-state index in [0.29, 0.717) is 23.6 Å². The summed E-state index contributed by atoms with van der Waals surface area (Å²) in [5.74, 6) is -0.316. The van der Waals surface area contributed by atoms with E-state index in [1.807, 2.05) is 30.3 Å². The van der Waals surface area contributed by atoms with E-state index in [9.17, 15) is 9.90 Å². The van der Waals surface area contributed by atoms with Gasteiger partial charge < -0.3 is 15.6 Å². The number of nitrogen functional groups attached to an aromatic ring is 1. The molecule has 0 saturated carbocycles. The highest BCUT2D eigenvalue weighted by Gasteiger charge is 2.13. The summed E-state index contributed by atoms with van der Waals surface area (Å²) in [5.41, 5.74) is 8.73. The molecular formula is C17H20N2O3. The Hall–Kier alpha value is -2.40. The number of aliphatic hydroxyl groups is 1. The number of benzene rings is 1. The van der Waals surface area contributed by atoms with E-state index in [2.05, 4.69) is 4.98 Å². The molecule has 116 valence electrons. The number of carbonyl (C=O) groups excluding carboxylic acids is 1.